The molecule has 2 atom stereocenters. The molecule has 0 saturated carbocycles. The smallest absolute Gasteiger partial charge is 0.407 e. The fraction of sp³-hybridized carbons (Fsp3) is 0.429. The van der Waals surface area contributed by atoms with Crippen molar-refractivity contribution < 1.29 is 9.90 Å². The first-order valence-electron chi connectivity index (χ1n) is 13.2. The van der Waals surface area contributed by atoms with E-state index in [1.807, 2.05) is 65.8 Å². The van der Waals surface area contributed by atoms with Crippen molar-refractivity contribution >= 4 is 34.5 Å². The predicted octanol–water partition coefficient (Wildman–Crippen LogP) is 4.55. The normalized spacial score (nSPS) is 17.7. The maximum Gasteiger partial charge on any atom is 0.407 e. The van der Waals surface area contributed by atoms with E-state index >= 15 is 0 Å². The van der Waals surface area contributed by atoms with Crippen molar-refractivity contribution in [2.45, 2.75) is 59.5 Å². The standard InChI is InChI=1S/C28H33ClN8O3/c1-14(2)22-24(15(3)8-9-30-22)37-26-19(10-21(29)23(31-26)20-13-34(7)33-18(20)6)25(32-27(37)38)35-11-17(5)36(28(39)40)12-16(35)4/h8-10,13-14,16-17H,11-12H2,1-7H3,(H,39,40)/t16-,17+/m0/s1. The number of amides is 1. The van der Waals surface area contributed by atoms with Crippen molar-refractivity contribution in [3.05, 3.63) is 57.0 Å². The van der Waals surface area contributed by atoms with Gasteiger partial charge >= 0.3 is 11.8 Å². The van der Waals surface area contributed by atoms with Crippen LogP contribution < -0.4 is 10.6 Å². The van der Waals surface area contributed by atoms with Gasteiger partial charge in [-0.05, 0) is 51.3 Å². The molecule has 0 unspecified atom stereocenters. The topological polar surface area (TPSA) is 122 Å². The van der Waals surface area contributed by atoms with E-state index in [4.69, 9.17) is 16.6 Å². The third-order valence-electron chi connectivity index (χ3n) is 7.50. The second-order valence-corrected chi connectivity index (χ2v) is 11.3. The van der Waals surface area contributed by atoms with Crippen molar-refractivity contribution in [1.29, 1.82) is 0 Å². The average molecular weight is 565 g/mol. The van der Waals surface area contributed by atoms with Crippen LogP contribution in [0.5, 0.6) is 0 Å². The summed E-state index contributed by atoms with van der Waals surface area (Å²) in [6, 6.07) is 3.13. The number of pyridine rings is 2. The molecule has 1 aliphatic heterocycles. The Bertz CT molecular complexity index is 1700. The van der Waals surface area contributed by atoms with Crippen LogP contribution in [0, 0.1) is 13.8 Å². The molecule has 0 spiro atoms. The second kappa shape index (κ2) is 10.2. The zero-order chi connectivity index (χ0) is 29.0. The van der Waals surface area contributed by atoms with Crippen LogP contribution in [-0.4, -0.2) is 70.6 Å². The van der Waals surface area contributed by atoms with Crippen molar-refractivity contribution in [2.75, 3.05) is 18.0 Å². The third-order valence-corrected chi connectivity index (χ3v) is 7.79. The molecule has 1 fully saturated rings. The van der Waals surface area contributed by atoms with E-state index in [2.05, 4.69) is 15.1 Å². The van der Waals surface area contributed by atoms with Crippen molar-refractivity contribution in [3.63, 3.8) is 0 Å². The molecule has 5 heterocycles. The fourth-order valence-electron chi connectivity index (χ4n) is 5.52. The molecule has 12 heteroatoms. The summed E-state index contributed by atoms with van der Waals surface area (Å²) in [5.41, 5.74) is 4.20. The molecule has 1 saturated heterocycles. The molecular formula is C28H33ClN8O3. The zero-order valence-corrected chi connectivity index (χ0v) is 24.4. The highest BCUT2D eigenvalue weighted by atomic mass is 35.5. The molecule has 11 nitrogen and oxygen atoms in total. The molecule has 5 rings (SSSR count). The lowest BCUT2D eigenvalue weighted by Crippen LogP contribution is -2.58. The third kappa shape index (κ3) is 4.57. The van der Waals surface area contributed by atoms with E-state index < -0.39 is 11.8 Å². The van der Waals surface area contributed by atoms with E-state index in [1.165, 1.54) is 9.47 Å². The summed E-state index contributed by atoms with van der Waals surface area (Å²) < 4.78 is 3.23. The Morgan fingerprint density at radius 2 is 1.88 bits per heavy atom. The Morgan fingerprint density at radius 3 is 2.50 bits per heavy atom. The second-order valence-electron chi connectivity index (χ2n) is 10.8. The quantitative estimate of drug-likeness (QED) is 0.383. The zero-order valence-electron chi connectivity index (χ0n) is 23.7. The minimum absolute atomic E-state index is 0.0360. The van der Waals surface area contributed by atoms with Gasteiger partial charge in [0, 0.05) is 50.2 Å². The van der Waals surface area contributed by atoms with Crippen molar-refractivity contribution in [2.24, 2.45) is 7.05 Å². The van der Waals surface area contributed by atoms with Crippen LogP contribution in [0.3, 0.4) is 0 Å². The number of nitrogens with zero attached hydrogens (tertiary/aromatic N) is 8. The van der Waals surface area contributed by atoms with Gasteiger partial charge in [-0.25, -0.2) is 19.1 Å². The van der Waals surface area contributed by atoms with E-state index in [9.17, 15) is 14.7 Å². The molecule has 40 heavy (non-hydrogen) atoms. The van der Waals surface area contributed by atoms with Gasteiger partial charge < -0.3 is 14.9 Å². The first kappa shape index (κ1) is 27.6. The number of anilines is 1. The van der Waals surface area contributed by atoms with Crippen molar-refractivity contribution in [3.8, 4) is 16.9 Å². The number of carboxylic acid groups (broad SMARTS) is 1. The Morgan fingerprint density at radius 1 is 1.15 bits per heavy atom. The Labute approximate surface area is 237 Å². The van der Waals surface area contributed by atoms with E-state index in [0.29, 0.717) is 39.8 Å². The summed E-state index contributed by atoms with van der Waals surface area (Å²) >= 11 is 6.88. The molecule has 1 amide bonds. The van der Waals surface area contributed by atoms with Crippen LogP contribution >= 0.6 is 11.6 Å². The number of halogens is 1. The molecular weight excluding hydrogens is 532 g/mol. The molecule has 0 aliphatic carbocycles. The summed E-state index contributed by atoms with van der Waals surface area (Å²) in [4.78, 5) is 43.4. The monoisotopic (exact) mass is 564 g/mol. The van der Waals surface area contributed by atoms with Gasteiger partial charge in [-0.1, -0.05) is 25.4 Å². The number of rotatable bonds is 4. The molecule has 1 N–H and O–H groups in total. The number of aryl methyl sites for hydroxylation is 3. The number of hydrogen-bond acceptors (Lipinski definition) is 7. The van der Waals surface area contributed by atoms with Crippen LogP contribution in [0.4, 0.5) is 10.6 Å². The SMILES string of the molecule is Cc1ccnc(C(C)C)c1-n1c(=O)nc(N2C[C@@H](C)N(C(=O)O)C[C@@H]2C)c2cc(Cl)c(-c3cn(C)nc3C)nc21. The van der Waals surface area contributed by atoms with Gasteiger partial charge in [0.2, 0.25) is 0 Å². The van der Waals surface area contributed by atoms with E-state index in [-0.39, 0.29) is 24.5 Å². The molecule has 1 aliphatic rings. The van der Waals surface area contributed by atoms with Crippen molar-refractivity contribution in [1.82, 2.24) is 34.2 Å². The van der Waals surface area contributed by atoms with E-state index in [0.717, 1.165) is 22.5 Å². The van der Waals surface area contributed by atoms with E-state index in [1.54, 1.807) is 16.9 Å². The summed E-state index contributed by atoms with van der Waals surface area (Å²) in [5, 5.41) is 15.1. The predicted molar refractivity (Wildman–Crippen MR) is 155 cm³/mol. The lowest BCUT2D eigenvalue weighted by atomic mass is 10.0. The molecule has 0 radical (unpaired) electrons. The number of aromatic nitrogens is 6. The maximum absolute atomic E-state index is 14.0. The number of hydrogen-bond donors (Lipinski definition) is 1. The minimum atomic E-state index is -0.971. The van der Waals surface area contributed by atoms with Crippen LogP contribution in [0.2, 0.25) is 5.02 Å². The summed E-state index contributed by atoms with van der Waals surface area (Å²) in [7, 11) is 1.83. The molecule has 4 aromatic rings. The van der Waals surface area contributed by atoms with Gasteiger partial charge in [-0.3, -0.25) is 9.67 Å². The van der Waals surface area contributed by atoms with Crippen LogP contribution in [0.15, 0.2) is 29.3 Å². The first-order chi connectivity index (χ1) is 18.9. The average Bonchev–Trinajstić information content (AvgIpc) is 3.22. The Hall–Kier alpha value is -3.99. The van der Waals surface area contributed by atoms with Gasteiger partial charge in [0.15, 0.2) is 5.65 Å². The summed E-state index contributed by atoms with van der Waals surface area (Å²) in [5.74, 6) is 0.464. The highest BCUT2D eigenvalue weighted by Crippen LogP contribution is 2.36. The maximum atomic E-state index is 14.0. The summed E-state index contributed by atoms with van der Waals surface area (Å²) in [6.45, 7) is 12.3. The highest BCUT2D eigenvalue weighted by molar-refractivity contribution is 6.34. The minimum Gasteiger partial charge on any atom is -0.465 e. The van der Waals surface area contributed by atoms with Crippen LogP contribution in [0.25, 0.3) is 28.0 Å². The van der Waals surface area contributed by atoms with Crippen LogP contribution in [-0.2, 0) is 7.05 Å². The fourth-order valence-corrected chi connectivity index (χ4v) is 5.77. The summed E-state index contributed by atoms with van der Waals surface area (Å²) in [6.07, 6.45) is 2.62. The molecule has 0 bridgehead atoms. The highest BCUT2D eigenvalue weighted by Gasteiger charge is 2.34. The first-order valence-corrected chi connectivity index (χ1v) is 13.6. The Balaban J connectivity index is 1.84. The number of piperazine rings is 1. The number of fused-ring (bicyclic) bond motifs is 1. The van der Waals surface area contributed by atoms with Crippen LogP contribution in [0.1, 0.15) is 50.6 Å². The largest absolute Gasteiger partial charge is 0.465 e. The molecule has 0 aromatic carbocycles. The van der Waals surface area contributed by atoms with Gasteiger partial charge in [0.1, 0.15) is 5.82 Å². The Kier molecular flexibility index (Phi) is 7.03. The lowest BCUT2D eigenvalue weighted by molar-refractivity contribution is 0.114. The van der Waals surface area contributed by atoms with Gasteiger partial charge in [-0.2, -0.15) is 10.1 Å². The van der Waals surface area contributed by atoms with Gasteiger partial charge in [-0.15, -0.1) is 0 Å². The number of carbonyl (C=O) groups is 1. The molecule has 210 valence electrons. The van der Waals surface area contributed by atoms with Gasteiger partial charge in [0.05, 0.1) is 33.2 Å². The van der Waals surface area contributed by atoms with Gasteiger partial charge in [0.25, 0.3) is 0 Å². The lowest BCUT2D eigenvalue weighted by Gasteiger charge is -2.43. The molecule has 4 aromatic heterocycles.